The third-order valence-corrected chi connectivity index (χ3v) is 2.62. The molecular weight excluding hydrogens is 249 g/mol. The lowest BCUT2D eigenvalue weighted by molar-refractivity contribution is 0.0977. The maximum atomic E-state index is 13.8. The zero-order valence-electron chi connectivity index (χ0n) is 9.18. The first-order chi connectivity index (χ1) is 8.15. The van der Waals surface area contributed by atoms with Crippen LogP contribution in [-0.4, -0.2) is 32.6 Å². The van der Waals surface area contributed by atoms with Crippen molar-refractivity contribution in [2.75, 3.05) is 26.8 Å². The van der Waals surface area contributed by atoms with Gasteiger partial charge in [-0.15, -0.1) is 0 Å². The number of carbonyl (C=O) groups excluding carboxylic acids is 1. The van der Waals surface area contributed by atoms with Gasteiger partial charge in [-0.3, -0.25) is 4.79 Å². The third-order valence-electron chi connectivity index (χ3n) is 2.34. The fraction of sp³-hybridized carbons (Fsp3) is 0.364. The molecule has 0 bridgehead atoms. The zero-order valence-corrected chi connectivity index (χ0v) is 9.94. The number of hydrogen-bond donors (Lipinski definition) is 1. The molecule has 1 heterocycles. The Kier molecular flexibility index (Phi) is 3.49. The second-order valence-electron chi connectivity index (χ2n) is 3.53. The van der Waals surface area contributed by atoms with Crippen LogP contribution >= 0.6 is 11.6 Å². The molecule has 6 heteroatoms. The van der Waals surface area contributed by atoms with Crippen molar-refractivity contribution < 1.29 is 18.7 Å². The maximum absolute atomic E-state index is 13.8. The van der Waals surface area contributed by atoms with Gasteiger partial charge in [-0.05, 0) is 7.05 Å². The minimum absolute atomic E-state index is 0.00701. The van der Waals surface area contributed by atoms with Gasteiger partial charge in [0.1, 0.15) is 18.8 Å². The number of halogens is 2. The molecule has 0 saturated heterocycles. The summed E-state index contributed by atoms with van der Waals surface area (Å²) in [5, 5.41) is 2.52. The number of rotatable bonds is 3. The fourth-order valence-electron chi connectivity index (χ4n) is 1.63. The topological polar surface area (TPSA) is 47.6 Å². The Bertz CT molecular complexity index is 465. The molecule has 0 unspecified atom stereocenters. The van der Waals surface area contributed by atoms with Gasteiger partial charge in [0.15, 0.2) is 23.1 Å². The van der Waals surface area contributed by atoms with Crippen LogP contribution in [0.25, 0.3) is 0 Å². The number of ketones is 1. The molecule has 0 fully saturated rings. The predicted molar refractivity (Wildman–Crippen MR) is 60.7 cm³/mol. The van der Waals surface area contributed by atoms with Crippen molar-refractivity contribution in [2.24, 2.45) is 0 Å². The van der Waals surface area contributed by atoms with E-state index in [0.717, 1.165) is 0 Å². The summed E-state index contributed by atoms with van der Waals surface area (Å²) in [7, 11) is 1.60. The molecule has 1 aliphatic heterocycles. The normalized spacial score (nSPS) is 13.6. The summed E-state index contributed by atoms with van der Waals surface area (Å²) in [5.74, 6) is -0.745. The number of nitrogens with one attached hydrogen (secondary N) is 1. The smallest absolute Gasteiger partial charge is 0.183 e. The van der Waals surface area contributed by atoms with Crippen molar-refractivity contribution in [3.8, 4) is 11.5 Å². The number of fused-ring (bicyclic) bond motifs is 1. The second-order valence-corrected chi connectivity index (χ2v) is 3.93. The van der Waals surface area contributed by atoms with E-state index < -0.39 is 11.6 Å². The van der Waals surface area contributed by atoms with Gasteiger partial charge in [-0.2, -0.15) is 0 Å². The second kappa shape index (κ2) is 4.89. The molecule has 1 aromatic carbocycles. The third kappa shape index (κ3) is 2.21. The van der Waals surface area contributed by atoms with E-state index in [9.17, 15) is 9.18 Å². The van der Waals surface area contributed by atoms with Crippen LogP contribution in [0.2, 0.25) is 5.02 Å². The van der Waals surface area contributed by atoms with E-state index in [1.807, 2.05) is 0 Å². The fourth-order valence-corrected chi connectivity index (χ4v) is 1.82. The maximum Gasteiger partial charge on any atom is 0.183 e. The molecular formula is C11H11ClFNO3. The highest BCUT2D eigenvalue weighted by atomic mass is 35.5. The van der Waals surface area contributed by atoms with Crippen molar-refractivity contribution in [3.63, 3.8) is 0 Å². The molecule has 17 heavy (non-hydrogen) atoms. The minimum Gasteiger partial charge on any atom is -0.486 e. The largest absolute Gasteiger partial charge is 0.486 e. The van der Waals surface area contributed by atoms with E-state index in [2.05, 4.69) is 5.32 Å². The molecule has 0 saturated carbocycles. The lowest BCUT2D eigenvalue weighted by Crippen LogP contribution is -2.23. The Balaban J connectivity index is 2.54. The van der Waals surface area contributed by atoms with Crippen LogP contribution in [0, 0.1) is 5.82 Å². The molecule has 0 radical (unpaired) electrons. The van der Waals surface area contributed by atoms with Crippen molar-refractivity contribution in [2.45, 2.75) is 0 Å². The molecule has 1 aromatic rings. The van der Waals surface area contributed by atoms with Gasteiger partial charge in [-0.1, -0.05) is 11.6 Å². The lowest BCUT2D eigenvalue weighted by Gasteiger charge is -2.21. The van der Waals surface area contributed by atoms with Crippen LogP contribution in [0.3, 0.4) is 0 Å². The average Bonchev–Trinajstić information content (AvgIpc) is 2.31. The quantitative estimate of drug-likeness (QED) is 0.839. The molecule has 0 amide bonds. The van der Waals surface area contributed by atoms with Crippen LogP contribution in [0.4, 0.5) is 4.39 Å². The summed E-state index contributed by atoms with van der Waals surface area (Å²) in [6.07, 6.45) is 0. The van der Waals surface area contributed by atoms with Crippen LogP contribution in [0.5, 0.6) is 11.5 Å². The first-order valence-corrected chi connectivity index (χ1v) is 5.48. The highest BCUT2D eigenvalue weighted by Gasteiger charge is 2.26. The Hall–Kier alpha value is -1.33. The number of hydrogen-bond acceptors (Lipinski definition) is 4. The Morgan fingerprint density at radius 3 is 2.94 bits per heavy atom. The lowest BCUT2D eigenvalue weighted by atomic mass is 10.1. The number of carbonyl (C=O) groups is 1. The number of likely N-dealkylation sites (N-methyl/N-ethyl adjacent to an activating group) is 1. The van der Waals surface area contributed by atoms with Gasteiger partial charge < -0.3 is 14.8 Å². The summed E-state index contributed by atoms with van der Waals surface area (Å²) in [5.41, 5.74) is -0.151. The Labute approximate surface area is 103 Å². The van der Waals surface area contributed by atoms with E-state index in [4.69, 9.17) is 21.1 Å². The summed E-state index contributed by atoms with van der Waals surface area (Å²) in [6.45, 7) is 0.648. The molecule has 0 aliphatic carbocycles. The van der Waals surface area contributed by atoms with Crippen molar-refractivity contribution >= 4 is 17.4 Å². The summed E-state index contributed by atoms with van der Waals surface area (Å²) >= 11 is 5.71. The minimum atomic E-state index is -0.767. The van der Waals surface area contributed by atoms with Crippen LogP contribution in [-0.2, 0) is 0 Å². The van der Waals surface area contributed by atoms with Gasteiger partial charge >= 0.3 is 0 Å². The summed E-state index contributed by atoms with van der Waals surface area (Å²) in [4.78, 5) is 11.8. The highest BCUT2D eigenvalue weighted by molar-refractivity contribution is 6.31. The van der Waals surface area contributed by atoms with E-state index in [-0.39, 0.29) is 29.5 Å². The predicted octanol–water partition coefficient (Wildman–Crippen LogP) is 1.65. The number of ether oxygens (including phenoxy) is 2. The van der Waals surface area contributed by atoms with Crippen LogP contribution in [0.15, 0.2) is 6.07 Å². The van der Waals surface area contributed by atoms with Gasteiger partial charge in [0, 0.05) is 6.07 Å². The molecule has 92 valence electrons. The van der Waals surface area contributed by atoms with Gasteiger partial charge in [-0.25, -0.2) is 4.39 Å². The monoisotopic (exact) mass is 259 g/mol. The highest BCUT2D eigenvalue weighted by Crippen LogP contribution is 2.39. The number of benzene rings is 1. The standard InChI is InChI=1S/C11H11ClFNO3/c1-14-5-7(15)9-10(13)6(12)4-8-11(9)17-3-2-16-8/h4,14H,2-3,5H2,1H3. The SMILES string of the molecule is CNCC(=O)c1c(F)c(Cl)cc2c1OCCO2. The molecule has 0 spiro atoms. The average molecular weight is 260 g/mol. The Morgan fingerprint density at radius 1 is 1.53 bits per heavy atom. The zero-order chi connectivity index (χ0) is 12.4. The van der Waals surface area contributed by atoms with E-state index >= 15 is 0 Å². The molecule has 4 nitrogen and oxygen atoms in total. The van der Waals surface area contributed by atoms with E-state index in [1.54, 1.807) is 7.05 Å². The van der Waals surface area contributed by atoms with E-state index in [0.29, 0.717) is 12.4 Å². The first kappa shape index (κ1) is 12.1. The van der Waals surface area contributed by atoms with Crippen molar-refractivity contribution in [3.05, 3.63) is 22.5 Å². The van der Waals surface area contributed by atoms with Gasteiger partial charge in [0.2, 0.25) is 0 Å². The van der Waals surface area contributed by atoms with E-state index in [1.165, 1.54) is 6.07 Å². The van der Waals surface area contributed by atoms with Gasteiger partial charge in [0.05, 0.1) is 11.6 Å². The van der Waals surface area contributed by atoms with Gasteiger partial charge in [0.25, 0.3) is 0 Å². The Morgan fingerprint density at radius 2 is 2.24 bits per heavy atom. The molecule has 0 aromatic heterocycles. The van der Waals surface area contributed by atoms with Crippen molar-refractivity contribution in [1.82, 2.24) is 5.32 Å². The first-order valence-electron chi connectivity index (χ1n) is 5.10. The molecule has 1 N–H and O–H groups in total. The molecule has 2 rings (SSSR count). The molecule has 1 aliphatic rings. The van der Waals surface area contributed by atoms with Crippen molar-refractivity contribution in [1.29, 1.82) is 0 Å². The molecule has 0 atom stereocenters. The summed E-state index contributed by atoms with van der Waals surface area (Å²) < 4.78 is 24.4. The summed E-state index contributed by atoms with van der Waals surface area (Å²) in [6, 6.07) is 1.32. The van der Waals surface area contributed by atoms with Crippen LogP contribution in [0.1, 0.15) is 10.4 Å². The number of Topliss-reactive ketones (excluding diaryl/α,β-unsaturated/α-hetero) is 1. The van der Waals surface area contributed by atoms with Crippen LogP contribution < -0.4 is 14.8 Å².